The summed E-state index contributed by atoms with van der Waals surface area (Å²) in [5.41, 5.74) is 1.29. The van der Waals surface area contributed by atoms with Crippen LogP contribution in [0.25, 0.3) is 0 Å². The van der Waals surface area contributed by atoms with Crippen molar-refractivity contribution >= 4 is 0 Å². The van der Waals surface area contributed by atoms with E-state index in [0.717, 1.165) is 25.7 Å². The van der Waals surface area contributed by atoms with Crippen molar-refractivity contribution in [2.75, 3.05) is 13.2 Å². The van der Waals surface area contributed by atoms with Gasteiger partial charge in [0.05, 0.1) is 0 Å². The largest absolute Gasteiger partial charge is 0.396 e. The number of nitrogens with zero attached hydrogens (tertiary/aromatic N) is 1. The standard InChI is InChI=1S/C22H43NO4/c1-5-9-20(15-16-24)22(10-6-2)18(4)11-8-12-19(7-3)13-14-21(25)17-23(26)27/h13,18,20-22,24-25H,5-12,14-17H2,1-4H3/b19-13+/t18-,20-,21-,22?/m0/s1. The van der Waals surface area contributed by atoms with Crippen LogP contribution in [0.1, 0.15) is 91.9 Å². The van der Waals surface area contributed by atoms with Crippen molar-refractivity contribution in [3.8, 4) is 0 Å². The van der Waals surface area contributed by atoms with Crippen LogP contribution < -0.4 is 0 Å². The normalized spacial score (nSPS) is 16.7. The molecule has 0 fully saturated rings. The van der Waals surface area contributed by atoms with Gasteiger partial charge in [-0.15, -0.1) is 0 Å². The summed E-state index contributed by atoms with van der Waals surface area (Å²) < 4.78 is 0. The SMILES string of the molecule is CCCC([C@@H](CCC)CCO)[C@@H](C)CCC/C(=C/C[C@H](O)C[N+](=O)[O-])CC. The highest BCUT2D eigenvalue weighted by Crippen LogP contribution is 2.34. The van der Waals surface area contributed by atoms with Crippen molar-refractivity contribution in [3.05, 3.63) is 21.8 Å². The van der Waals surface area contributed by atoms with Gasteiger partial charge in [0.25, 0.3) is 0 Å². The third kappa shape index (κ3) is 12.2. The molecule has 0 saturated heterocycles. The van der Waals surface area contributed by atoms with Crippen molar-refractivity contribution in [1.82, 2.24) is 0 Å². The van der Waals surface area contributed by atoms with E-state index in [2.05, 4.69) is 27.7 Å². The first-order valence-corrected chi connectivity index (χ1v) is 11.0. The van der Waals surface area contributed by atoms with E-state index >= 15 is 0 Å². The minimum absolute atomic E-state index is 0.285. The molecule has 0 heterocycles. The Kier molecular flexibility index (Phi) is 15.5. The van der Waals surface area contributed by atoms with Gasteiger partial charge in [0.2, 0.25) is 6.54 Å². The molecule has 0 aliphatic carbocycles. The van der Waals surface area contributed by atoms with Gasteiger partial charge in [-0.1, -0.05) is 71.4 Å². The molecule has 0 aliphatic rings. The average Bonchev–Trinajstić information content (AvgIpc) is 2.61. The summed E-state index contributed by atoms with van der Waals surface area (Å²) in [6.07, 6.45) is 11.4. The minimum atomic E-state index is -0.886. The van der Waals surface area contributed by atoms with Gasteiger partial charge in [-0.3, -0.25) is 10.1 Å². The molecule has 0 spiro atoms. The van der Waals surface area contributed by atoms with Gasteiger partial charge in [-0.05, 0) is 49.9 Å². The predicted molar refractivity (Wildman–Crippen MR) is 112 cm³/mol. The Morgan fingerprint density at radius 3 is 2.30 bits per heavy atom. The molecule has 0 aromatic carbocycles. The highest BCUT2D eigenvalue weighted by molar-refractivity contribution is 5.02. The molecule has 0 saturated carbocycles. The van der Waals surface area contributed by atoms with Crippen molar-refractivity contribution in [3.63, 3.8) is 0 Å². The first-order valence-electron chi connectivity index (χ1n) is 11.0. The molecule has 2 N–H and O–H groups in total. The maximum absolute atomic E-state index is 10.4. The van der Waals surface area contributed by atoms with E-state index in [1.54, 1.807) is 0 Å². The molecule has 1 unspecified atom stereocenters. The zero-order valence-corrected chi connectivity index (χ0v) is 18.0. The molecule has 5 heteroatoms. The second kappa shape index (κ2) is 16.1. The molecule has 0 rings (SSSR count). The molecule has 4 atom stereocenters. The van der Waals surface area contributed by atoms with Crippen LogP contribution in [0.4, 0.5) is 0 Å². The van der Waals surface area contributed by atoms with Gasteiger partial charge in [-0.25, -0.2) is 0 Å². The van der Waals surface area contributed by atoms with E-state index in [9.17, 15) is 20.3 Å². The summed E-state index contributed by atoms with van der Waals surface area (Å²) in [5.74, 6) is 1.94. The van der Waals surface area contributed by atoms with Crippen LogP contribution in [-0.2, 0) is 0 Å². The summed E-state index contributed by atoms with van der Waals surface area (Å²) in [6, 6.07) is 0. The van der Waals surface area contributed by atoms with Crippen molar-refractivity contribution in [2.24, 2.45) is 17.8 Å². The minimum Gasteiger partial charge on any atom is -0.396 e. The Balaban J connectivity index is 4.59. The molecule has 0 aliphatic heterocycles. The Hall–Kier alpha value is -0.940. The van der Waals surface area contributed by atoms with Crippen LogP contribution in [0.2, 0.25) is 0 Å². The molecule has 0 amide bonds. The van der Waals surface area contributed by atoms with Crippen molar-refractivity contribution in [2.45, 2.75) is 98.0 Å². The quantitative estimate of drug-likeness (QED) is 0.200. The van der Waals surface area contributed by atoms with Crippen LogP contribution in [0.15, 0.2) is 11.6 Å². The lowest BCUT2D eigenvalue weighted by Crippen LogP contribution is -2.23. The average molecular weight is 386 g/mol. The van der Waals surface area contributed by atoms with Gasteiger partial charge < -0.3 is 10.2 Å². The van der Waals surface area contributed by atoms with Crippen LogP contribution >= 0.6 is 0 Å². The maximum Gasteiger partial charge on any atom is 0.229 e. The number of rotatable bonds is 17. The summed E-state index contributed by atoms with van der Waals surface area (Å²) in [4.78, 5) is 9.99. The fourth-order valence-electron chi connectivity index (χ4n) is 4.26. The number of nitro groups is 1. The lowest BCUT2D eigenvalue weighted by atomic mass is 9.74. The van der Waals surface area contributed by atoms with E-state index in [1.807, 2.05) is 6.08 Å². The molecule has 160 valence electrons. The van der Waals surface area contributed by atoms with Crippen LogP contribution in [0.5, 0.6) is 0 Å². The Labute approximate surface area is 166 Å². The van der Waals surface area contributed by atoms with E-state index in [-0.39, 0.29) is 13.2 Å². The van der Waals surface area contributed by atoms with Gasteiger partial charge in [-0.2, -0.15) is 0 Å². The Morgan fingerprint density at radius 2 is 1.78 bits per heavy atom. The highest BCUT2D eigenvalue weighted by atomic mass is 16.6. The molecule has 0 bridgehead atoms. The molecule has 0 aromatic heterocycles. The number of hydrogen-bond acceptors (Lipinski definition) is 4. The van der Waals surface area contributed by atoms with Crippen LogP contribution in [0.3, 0.4) is 0 Å². The summed E-state index contributed by atoms with van der Waals surface area (Å²) in [5, 5.41) is 29.5. The molecule has 27 heavy (non-hydrogen) atoms. The number of aliphatic hydroxyl groups is 2. The number of aliphatic hydroxyl groups excluding tert-OH is 2. The third-order valence-corrected chi connectivity index (χ3v) is 5.77. The van der Waals surface area contributed by atoms with Crippen LogP contribution in [-0.4, -0.2) is 34.4 Å². The topological polar surface area (TPSA) is 83.6 Å². The monoisotopic (exact) mass is 385 g/mol. The van der Waals surface area contributed by atoms with Crippen LogP contribution in [0, 0.1) is 27.9 Å². The lowest BCUT2D eigenvalue weighted by molar-refractivity contribution is -0.490. The summed E-state index contributed by atoms with van der Waals surface area (Å²) in [7, 11) is 0. The van der Waals surface area contributed by atoms with Crippen molar-refractivity contribution < 1.29 is 15.1 Å². The zero-order valence-electron chi connectivity index (χ0n) is 18.0. The van der Waals surface area contributed by atoms with Crippen molar-refractivity contribution in [1.29, 1.82) is 0 Å². The third-order valence-electron chi connectivity index (χ3n) is 5.77. The Morgan fingerprint density at radius 1 is 1.11 bits per heavy atom. The van der Waals surface area contributed by atoms with E-state index in [0.29, 0.717) is 24.2 Å². The zero-order chi connectivity index (χ0) is 20.7. The molecule has 5 nitrogen and oxygen atoms in total. The summed E-state index contributed by atoms with van der Waals surface area (Å²) >= 11 is 0. The molecule has 0 radical (unpaired) electrons. The first-order chi connectivity index (χ1) is 12.9. The van der Waals surface area contributed by atoms with Gasteiger partial charge in [0, 0.05) is 11.5 Å². The van der Waals surface area contributed by atoms with Gasteiger partial charge in [0.15, 0.2) is 0 Å². The second-order valence-electron chi connectivity index (χ2n) is 8.00. The van der Waals surface area contributed by atoms with E-state index in [4.69, 9.17) is 0 Å². The maximum atomic E-state index is 10.4. The summed E-state index contributed by atoms with van der Waals surface area (Å²) in [6.45, 7) is 8.84. The molecular weight excluding hydrogens is 342 g/mol. The number of hydrogen-bond donors (Lipinski definition) is 2. The number of allylic oxidation sites excluding steroid dienone is 1. The fraction of sp³-hybridized carbons (Fsp3) is 0.909. The molecule has 0 aromatic rings. The fourth-order valence-corrected chi connectivity index (χ4v) is 4.26. The lowest BCUT2D eigenvalue weighted by Gasteiger charge is -2.32. The highest BCUT2D eigenvalue weighted by Gasteiger charge is 2.25. The first kappa shape index (κ1) is 26.1. The van der Waals surface area contributed by atoms with E-state index < -0.39 is 11.0 Å². The van der Waals surface area contributed by atoms with Gasteiger partial charge >= 0.3 is 0 Å². The Bertz CT molecular complexity index is 405. The van der Waals surface area contributed by atoms with Gasteiger partial charge in [0.1, 0.15) is 6.10 Å². The predicted octanol–water partition coefficient (Wildman–Crippen LogP) is 5.37. The second-order valence-corrected chi connectivity index (χ2v) is 8.00. The van der Waals surface area contributed by atoms with E-state index in [1.165, 1.54) is 37.7 Å². The molecular formula is C22H43NO4. The smallest absolute Gasteiger partial charge is 0.229 e.